The Kier molecular flexibility index (Phi) is 6.24. The van der Waals surface area contributed by atoms with Gasteiger partial charge in [0.25, 0.3) is 0 Å². The average molecular weight is 406 g/mol. The number of ether oxygens (including phenoxy) is 1. The lowest BCUT2D eigenvalue weighted by Crippen LogP contribution is -1.96. The molecule has 0 aliphatic heterocycles. The zero-order valence-electron chi connectivity index (χ0n) is 16.9. The standard InChI is InChI=1S/C28H22O3/c29-28(30)18-17-22-11-4-5-14-25(22)23-12-8-13-24(19-23)26-15-6-7-16-27(26)31-20-21-9-2-1-3-10-21/h1-19H,20H2,(H,29,30). The molecule has 0 heterocycles. The fourth-order valence-corrected chi connectivity index (χ4v) is 3.49. The van der Waals surface area contributed by atoms with E-state index in [0.29, 0.717) is 6.61 Å². The fourth-order valence-electron chi connectivity index (χ4n) is 3.49. The number of carboxylic acids is 1. The van der Waals surface area contributed by atoms with E-state index in [-0.39, 0.29) is 0 Å². The van der Waals surface area contributed by atoms with Gasteiger partial charge in [0.2, 0.25) is 0 Å². The smallest absolute Gasteiger partial charge is 0.328 e. The predicted molar refractivity (Wildman–Crippen MR) is 125 cm³/mol. The summed E-state index contributed by atoms with van der Waals surface area (Å²) in [6.07, 6.45) is 2.79. The highest BCUT2D eigenvalue weighted by molar-refractivity contribution is 5.88. The summed E-state index contributed by atoms with van der Waals surface area (Å²) in [4.78, 5) is 11.0. The van der Waals surface area contributed by atoms with Gasteiger partial charge in [-0.3, -0.25) is 0 Å². The van der Waals surface area contributed by atoms with Crippen molar-refractivity contribution >= 4 is 12.0 Å². The van der Waals surface area contributed by atoms with Gasteiger partial charge in [0.1, 0.15) is 12.4 Å². The largest absolute Gasteiger partial charge is 0.488 e. The van der Waals surface area contributed by atoms with Crippen LogP contribution in [0.3, 0.4) is 0 Å². The van der Waals surface area contributed by atoms with Gasteiger partial charge >= 0.3 is 5.97 Å². The predicted octanol–water partition coefficient (Wildman–Crippen LogP) is 6.70. The molecule has 0 spiro atoms. The number of carbonyl (C=O) groups is 1. The zero-order chi connectivity index (χ0) is 21.5. The average Bonchev–Trinajstić information content (AvgIpc) is 2.82. The number of benzene rings is 4. The van der Waals surface area contributed by atoms with Crippen LogP contribution in [0.5, 0.6) is 5.75 Å². The van der Waals surface area contributed by atoms with Gasteiger partial charge in [-0.25, -0.2) is 4.79 Å². The molecule has 0 aliphatic rings. The van der Waals surface area contributed by atoms with Crippen LogP contribution in [0.1, 0.15) is 11.1 Å². The van der Waals surface area contributed by atoms with Crippen LogP contribution in [0.15, 0.2) is 109 Å². The summed E-state index contributed by atoms with van der Waals surface area (Å²) < 4.78 is 6.14. The lowest BCUT2D eigenvalue weighted by molar-refractivity contribution is -0.131. The summed E-state index contributed by atoms with van der Waals surface area (Å²) in [5.74, 6) is -0.143. The highest BCUT2D eigenvalue weighted by Gasteiger charge is 2.09. The van der Waals surface area contributed by atoms with E-state index in [4.69, 9.17) is 9.84 Å². The second-order valence-corrected chi connectivity index (χ2v) is 7.11. The van der Waals surface area contributed by atoms with Crippen LogP contribution in [0.25, 0.3) is 28.3 Å². The molecule has 0 aromatic heterocycles. The summed E-state index contributed by atoms with van der Waals surface area (Å²) in [5, 5.41) is 8.99. The lowest BCUT2D eigenvalue weighted by atomic mass is 9.95. The Balaban J connectivity index is 1.67. The van der Waals surface area contributed by atoms with Crippen molar-refractivity contribution in [2.24, 2.45) is 0 Å². The minimum Gasteiger partial charge on any atom is -0.488 e. The molecule has 0 radical (unpaired) electrons. The van der Waals surface area contributed by atoms with Crippen molar-refractivity contribution in [3.8, 4) is 28.0 Å². The first-order chi connectivity index (χ1) is 15.2. The molecule has 31 heavy (non-hydrogen) atoms. The van der Waals surface area contributed by atoms with Crippen LogP contribution in [0.4, 0.5) is 0 Å². The molecule has 0 bridgehead atoms. The van der Waals surface area contributed by atoms with Crippen LogP contribution >= 0.6 is 0 Å². The van der Waals surface area contributed by atoms with Crippen molar-refractivity contribution < 1.29 is 14.6 Å². The van der Waals surface area contributed by atoms with Crippen LogP contribution in [-0.4, -0.2) is 11.1 Å². The Bertz CT molecular complexity index is 1210. The number of hydrogen-bond donors (Lipinski definition) is 1. The maximum absolute atomic E-state index is 11.0. The molecule has 1 N–H and O–H groups in total. The van der Waals surface area contributed by atoms with Crippen LogP contribution < -0.4 is 4.74 Å². The van der Waals surface area contributed by atoms with Crippen LogP contribution in [-0.2, 0) is 11.4 Å². The van der Waals surface area contributed by atoms with E-state index in [1.807, 2.05) is 84.9 Å². The first-order valence-electron chi connectivity index (χ1n) is 10.1. The van der Waals surface area contributed by atoms with Crippen LogP contribution in [0.2, 0.25) is 0 Å². The topological polar surface area (TPSA) is 46.5 Å². The van der Waals surface area contributed by atoms with E-state index in [9.17, 15) is 4.79 Å². The van der Waals surface area contributed by atoms with Crippen LogP contribution in [0, 0.1) is 0 Å². The van der Waals surface area contributed by atoms with Crippen molar-refractivity contribution in [1.29, 1.82) is 0 Å². The zero-order valence-corrected chi connectivity index (χ0v) is 16.9. The molecule has 3 heteroatoms. The second kappa shape index (κ2) is 9.59. The summed E-state index contributed by atoms with van der Waals surface area (Å²) >= 11 is 0. The molecule has 0 atom stereocenters. The fraction of sp³-hybridized carbons (Fsp3) is 0.0357. The van der Waals surface area contributed by atoms with Crippen molar-refractivity contribution in [3.63, 3.8) is 0 Å². The number of para-hydroxylation sites is 1. The summed E-state index contributed by atoms with van der Waals surface area (Å²) in [6, 6.07) is 34.1. The molecule has 4 aromatic rings. The SMILES string of the molecule is O=C(O)C=Cc1ccccc1-c1cccc(-c2ccccc2OCc2ccccc2)c1. The third kappa shape index (κ3) is 5.09. The molecule has 0 amide bonds. The Hall–Kier alpha value is -4.11. The Labute approximate surface area is 181 Å². The summed E-state index contributed by atoms with van der Waals surface area (Å²) in [7, 11) is 0. The Morgan fingerprint density at radius 2 is 1.39 bits per heavy atom. The number of hydrogen-bond acceptors (Lipinski definition) is 2. The summed E-state index contributed by atoms with van der Waals surface area (Å²) in [5.41, 5.74) is 6.02. The Morgan fingerprint density at radius 3 is 2.16 bits per heavy atom. The van der Waals surface area contributed by atoms with E-state index in [1.54, 1.807) is 6.08 Å². The molecule has 3 nitrogen and oxygen atoms in total. The molecule has 0 fully saturated rings. The maximum atomic E-state index is 11.0. The Morgan fingerprint density at radius 1 is 0.742 bits per heavy atom. The van der Waals surface area contributed by atoms with E-state index in [2.05, 4.69) is 18.2 Å². The molecule has 4 rings (SSSR count). The molecule has 0 saturated heterocycles. The minimum atomic E-state index is -0.965. The molecule has 4 aromatic carbocycles. The molecular weight excluding hydrogens is 384 g/mol. The van der Waals surface area contributed by atoms with E-state index >= 15 is 0 Å². The normalized spacial score (nSPS) is 10.8. The molecule has 0 saturated carbocycles. The van der Waals surface area contributed by atoms with Gasteiger partial charge in [-0.15, -0.1) is 0 Å². The first kappa shape index (κ1) is 20.2. The highest BCUT2D eigenvalue weighted by Crippen LogP contribution is 2.34. The molecule has 152 valence electrons. The molecule has 0 unspecified atom stereocenters. The van der Waals surface area contributed by atoms with Gasteiger partial charge in [0.05, 0.1) is 0 Å². The van der Waals surface area contributed by atoms with E-state index in [0.717, 1.165) is 45.2 Å². The van der Waals surface area contributed by atoms with Crippen molar-refractivity contribution in [1.82, 2.24) is 0 Å². The summed E-state index contributed by atoms with van der Waals surface area (Å²) in [6.45, 7) is 0.500. The highest BCUT2D eigenvalue weighted by atomic mass is 16.5. The van der Waals surface area contributed by atoms with Crippen molar-refractivity contribution in [2.45, 2.75) is 6.61 Å². The molecule has 0 aliphatic carbocycles. The van der Waals surface area contributed by atoms with Crippen molar-refractivity contribution in [3.05, 3.63) is 120 Å². The number of carboxylic acid groups (broad SMARTS) is 1. The number of aliphatic carboxylic acids is 1. The van der Waals surface area contributed by atoms with Gasteiger partial charge in [0.15, 0.2) is 0 Å². The monoisotopic (exact) mass is 406 g/mol. The second-order valence-electron chi connectivity index (χ2n) is 7.11. The van der Waals surface area contributed by atoms with Crippen molar-refractivity contribution in [2.75, 3.05) is 0 Å². The lowest BCUT2D eigenvalue weighted by Gasteiger charge is -2.13. The maximum Gasteiger partial charge on any atom is 0.328 e. The third-order valence-corrected chi connectivity index (χ3v) is 4.98. The van der Waals surface area contributed by atoms with Gasteiger partial charge in [-0.2, -0.15) is 0 Å². The quantitative estimate of drug-likeness (QED) is 0.348. The number of rotatable bonds is 7. The van der Waals surface area contributed by atoms with Gasteiger partial charge in [-0.1, -0.05) is 91.0 Å². The minimum absolute atomic E-state index is 0.500. The van der Waals surface area contributed by atoms with E-state index < -0.39 is 5.97 Å². The van der Waals surface area contributed by atoms with Gasteiger partial charge in [-0.05, 0) is 46.0 Å². The molecular formula is C28H22O3. The van der Waals surface area contributed by atoms with Gasteiger partial charge < -0.3 is 9.84 Å². The van der Waals surface area contributed by atoms with Gasteiger partial charge in [0, 0.05) is 11.6 Å². The third-order valence-electron chi connectivity index (χ3n) is 4.98. The van der Waals surface area contributed by atoms with E-state index in [1.165, 1.54) is 0 Å². The first-order valence-corrected chi connectivity index (χ1v) is 10.1.